The molecule has 1 aromatic carbocycles. The van der Waals surface area contributed by atoms with Crippen LogP contribution >= 0.6 is 11.3 Å². The van der Waals surface area contributed by atoms with Crippen LogP contribution in [0.15, 0.2) is 29.1 Å². The van der Waals surface area contributed by atoms with Crippen molar-refractivity contribution < 1.29 is 9.90 Å². The topological polar surface area (TPSA) is 83.0 Å². The number of nitrogens with zero attached hydrogens (tertiary/aromatic N) is 1. The fraction of sp³-hybridized carbons (Fsp3) is 0.278. The minimum absolute atomic E-state index is 0.246. The molecule has 0 spiro atoms. The number of hydrogen-bond acceptors (Lipinski definition) is 4. The van der Waals surface area contributed by atoms with Crippen LogP contribution in [0.2, 0.25) is 0 Å². The van der Waals surface area contributed by atoms with Gasteiger partial charge in [0.05, 0.1) is 11.3 Å². The smallest absolute Gasteiger partial charge is 0.311 e. The number of aromatic nitrogens is 2. The van der Waals surface area contributed by atoms with Crippen molar-refractivity contribution in [1.29, 1.82) is 0 Å². The highest BCUT2D eigenvalue weighted by atomic mass is 32.1. The summed E-state index contributed by atoms with van der Waals surface area (Å²) in [5, 5.41) is 9.95. The summed E-state index contributed by atoms with van der Waals surface area (Å²) in [5.41, 5.74) is 2.35. The zero-order valence-electron chi connectivity index (χ0n) is 13.1. The minimum atomic E-state index is -0.863. The van der Waals surface area contributed by atoms with Crippen molar-refractivity contribution in [3.05, 3.63) is 50.6 Å². The molecule has 24 heavy (non-hydrogen) atoms. The van der Waals surface area contributed by atoms with Crippen molar-refractivity contribution in [1.82, 2.24) is 9.97 Å². The molecule has 122 valence electrons. The van der Waals surface area contributed by atoms with E-state index in [0.29, 0.717) is 28.0 Å². The molecule has 2 N–H and O–H groups in total. The lowest BCUT2D eigenvalue weighted by molar-refractivity contribution is -0.139. The maximum atomic E-state index is 12.7. The van der Waals surface area contributed by atoms with E-state index in [9.17, 15) is 14.7 Å². The van der Waals surface area contributed by atoms with Gasteiger partial charge in [0, 0.05) is 10.4 Å². The van der Waals surface area contributed by atoms with Crippen LogP contribution in [0.1, 0.15) is 34.8 Å². The fourth-order valence-corrected chi connectivity index (χ4v) is 4.73. The molecule has 2 heterocycles. The molecule has 0 saturated heterocycles. The van der Waals surface area contributed by atoms with Crippen molar-refractivity contribution >= 4 is 27.5 Å². The van der Waals surface area contributed by atoms with E-state index in [1.54, 1.807) is 0 Å². The standard InChI is InChI=1S/C18H16N2O3S/c1-9-5-2-3-6-10(9)15-19-16(21)14-13-11(18(22)23)7-4-8-12(13)24-17(14)20-15/h2-3,5-6,11H,4,7-8H2,1H3,(H,22,23)(H,19,20,21). The number of rotatable bonds is 2. The van der Waals surface area contributed by atoms with Gasteiger partial charge in [0.2, 0.25) is 0 Å². The van der Waals surface area contributed by atoms with Gasteiger partial charge in [-0.15, -0.1) is 11.3 Å². The SMILES string of the molecule is Cc1ccccc1-c1nc2sc3c(c2c(=O)[nH]1)C(C(=O)O)CCC3. The summed E-state index contributed by atoms with van der Waals surface area (Å²) >= 11 is 1.46. The van der Waals surface area contributed by atoms with Gasteiger partial charge in [-0.05, 0) is 37.3 Å². The summed E-state index contributed by atoms with van der Waals surface area (Å²) in [4.78, 5) is 33.4. The first-order valence-corrected chi connectivity index (χ1v) is 8.72. The van der Waals surface area contributed by atoms with Gasteiger partial charge in [-0.3, -0.25) is 9.59 Å². The van der Waals surface area contributed by atoms with Gasteiger partial charge in [-0.25, -0.2) is 4.98 Å². The molecule has 0 saturated carbocycles. The Morgan fingerprint density at radius 3 is 2.92 bits per heavy atom. The summed E-state index contributed by atoms with van der Waals surface area (Å²) in [6.07, 6.45) is 2.23. The zero-order chi connectivity index (χ0) is 16.8. The molecule has 1 aliphatic carbocycles. The predicted molar refractivity (Wildman–Crippen MR) is 93.7 cm³/mol. The molecule has 2 aromatic heterocycles. The number of fused-ring (bicyclic) bond motifs is 3. The van der Waals surface area contributed by atoms with Gasteiger partial charge in [0.25, 0.3) is 5.56 Å². The molecule has 5 nitrogen and oxygen atoms in total. The van der Waals surface area contributed by atoms with Crippen LogP contribution in [0.3, 0.4) is 0 Å². The Labute approximate surface area is 142 Å². The molecule has 4 rings (SSSR count). The number of thiophene rings is 1. The summed E-state index contributed by atoms with van der Waals surface area (Å²) in [7, 11) is 0. The molecule has 1 unspecified atom stereocenters. The number of carboxylic acid groups (broad SMARTS) is 1. The first-order chi connectivity index (χ1) is 11.6. The average molecular weight is 340 g/mol. The largest absolute Gasteiger partial charge is 0.481 e. The van der Waals surface area contributed by atoms with Crippen molar-refractivity contribution in [3.8, 4) is 11.4 Å². The molecule has 1 atom stereocenters. The molecule has 0 bridgehead atoms. The number of benzene rings is 1. The number of hydrogen-bond donors (Lipinski definition) is 2. The monoisotopic (exact) mass is 340 g/mol. The van der Waals surface area contributed by atoms with Crippen LogP contribution < -0.4 is 5.56 Å². The van der Waals surface area contributed by atoms with Crippen molar-refractivity contribution in [2.45, 2.75) is 32.1 Å². The summed E-state index contributed by atoms with van der Waals surface area (Å²) in [6.45, 7) is 1.97. The second-order valence-corrected chi connectivity index (χ2v) is 7.22. The van der Waals surface area contributed by atoms with E-state index in [0.717, 1.165) is 28.8 Å². The second kappa shape index (κ2) is 5.56. The van der Waals surface area contributed by atoms with E-state index in [-0.39, 0.29) is 5.56 Å². The highest BCUT2D eigenvalue weighted by molar-refractivity contribution is 7.18. The van der Waals surface area contributed by atoms with Crippen LogP contribution in [0, 0.1) is 6.92 Å². The van der Waals surface area contributed by atoms with E-state index < -0.39 is 11.9 Å². The highest BCUT2D eigenvalue weighted by Gasteiger charge is 2.31. The van der Waals surface area contributed by atoms with Gasteiger partial charge in [0.15, 0.2) is 0 Å². The maximum absolute atomic E-state index is 12.7. The molecular weight excluding hydrogens is 324 g/mol. The normalized spacial score (nSPS) is 17.0. The number of carboxylic acids is 1. The maximum Gasteiger partial charge on any atom is 0.311 e. The van der Waals surface area contributed by atoms with Crippen LogP contribution in [0.25, 0.3) is 21.6 Å². The summed E-state index contributed by atoms with van der Waals surface area (Å²) in [6, 6.07) is 7.75. The third kappa shape index (κ3) is 2.26. The van der Waals surface area contributed by atoms with Gasteiger partial charge < -0.3 is 10.1 Å². The Hall–Kier alpha value is -2.47. The zero-order valence-corrected chi connectivity index (χ0v) is 13.9. The van der Waals surface area contributed by atoms with Crippen LogP contribution in [0.4, 0.5) is 0 Å². The number of H-pyrrole nitrogens is 1. The van der Waals surface area contributed by atoms with Crippen LogP contribution in [-0.4, -0.2) is 21.0 Å². The van der Waals surface area contributed by atoms with Crippen LogP contribution in [-0.2, 0) is 11.2 Å². The Morgan fingerprint density at radius 1 is 1.38 bits per heavy atom. The number of aliphatic carboxylic acids is 1. The van der Waals surface area contributed by atoms with Gasteiger partial charge in [-0.1, -0.05) is 24.3 Å². The summed E-state index contributed by atoms with van der Waals surface area (Å²) < 4.78 is 0. The van der Waals surface area contributed by atoms with E-state index >= 15 is 0 Å². The summed E-state index contributed by atoms with van der Waals surface area (Å²) in [5.74, 6) is -0.927. The Kier molecular flexibility index (Phi) is 3.49. The first-order valence-electron chi connectivity index (χ1n) is 7.90. The van der Waals surface area contributed by atoms with E-state index in [4.69, 9.17) is 0 Å². The molecule has 3 aromatic rings. The predicted octanol–water partition coefficient (Wildman–Crippen LogP) is 3.46. The highest BCUT2D eigenvalue weighted by Crippen LogP contribution is 2.40. The number of aryl methyl sites for hydroxylation is 2. The molecule has 0 amide bonds. The Balaban J connectivity index is 1.98. The average Bonchev–Trinajstić information content (AvgIpc) is 2.93. The molecule has 0 fully saturated rings. The third-order valence-corrected chi connectivity index (χ3v) is 5.78. The molecule has 1 aliphatic rings. The lowest BCUT2D eigenvalue weighted by atomic mass is 9.86. The van der Waals surface area contributed by atoms with Gasteiger partial charge in [-0.2, -0.15) is 0 Å². The molecule has 0 radical (unpaired) electrons. The number of carbonyl (C=O) groups is 1. The Morgan fingerprint density at radius 2 is 2.17 bits per heavy atom. The lowest BCUT2D eigenvalue weighted by Crippen LogP contribution is -2.19. The third-order valence-electron chi connectivity index (χ3n) is 4.62. The van der Waals surface area contributed by atoms with E-state index in [1.807, 2.05) is 31.2 Å². The van der Waals surface area contributed by atoms with Crippen molar-refractivity contribution in [2.75, 3.05) is 0 Å². The van der Waals surface area contributed by atoms with Gasteiger partial charge >= 0.3 is 5.97 Å². The van der Waals surface area contributed by atoms with E-state index in [2.05, 4.69) is 9.97 Å². The molecule has 0 aliphatic heterocycles. The van der Waals surface area contributed by atoms with E-state index in [1.165, 1.54) is 11.3 Å². The Bertz CT molecular complexity index is 1020. The number of aromatic amines is 1. The van der Waals surface area contributed by atoms with Crippen LogP contribution in [0.5, 0.6) is 0 Å². The minimum Gasteiger partial charge on any atom is -0.481 e. The van der Waals surface area contributed by atoms with Gasteiger partial charge in [0.1, 0.15) is 10.7 Å². The lowest BCUT2D eigenvalue weighted by Gasteiger charge is -2.18. The van der Waals surface area contributed by atoms with Crippen molar-refractivity contribution in [3.63, 3.8) is 0 Å². The quantitative estimate of drug-likeness (QED) is 0.748. The molecular formula is C18H16N2O3S. The fourth-order valence-electron chi connectivity index (χ4n) is 3.45. The first kappa shape index (κ1) is 15.1. The second-order valence-electron chi connectivity index (χ2n) is 6.13. The van der Waals surface area contributed by atoms with Crippen molar-refractivity contribution in [2.24, 2.45) is 0 Å². The number of nitrogens with one attached hydrogen (secondary N) is 1. The molecule has 6 heteroatoms.